The van der Waals surface area contributed by atoms with Crippen molar-refractivity contribution in [2.45, 2.75) is 44.9 Å². The zero-order valence-electron chi connectivity index (χ0n) is 8.95. The zero-order chi connectivity index (χ0) is 10.3. The average molecular weight is 215 g/mol. The van der Waals surface area contributed by atoms with Gasteiger partial charge in [-0.05, 0) is 27.2 Å². The molecule has 4 heteroatoms. The normalized spacial score (nSPS) is 30.9. The fourth-order valence-electron chi connectivity index (χ4n) is 1.95. The first-order chi connectivity index (χ1) is 6.47. The Morgan fingerprint density at radius 3 is 2.36 bits per heavy atom. The first-order valence-electron chi connectivity index (χ1n) is 5.06. The van der Waals surface area contributed by atoms with Gasteiger partial charge in [0.15, 0.2) is 0 Å². The molecule has 14 heavy (non-hydrogen) atoms. The molecule has 0 aromatic carbocycles. The molecule has 0 aromatic rings. The molecule has 0 spiro atoms. The van der Waals surface area contributed by atoms with E-state index in [0.29, 0.717) is 12.1 Å². The zero-order valence-corrected chi connectivity index (χ0v) is 9.76. The van der Waals surface area contributed by atoms with E-state index in [0.717, 1.165) is 11.5 Å². The number of hydrogen-bond acceptors (Lipinski definition) is 3. The molecule has 2 unspecified atom stereocenters. The minimum Gasteiger partial charge on any atom is -0.444 e. The van der Waals surface area contributed by atoms with Crippen LogP contribution in [0.25, 0.3) is 0 Å². The number of ether oxygens (including phenoxy) is 1. The molecular formula is C10H17NO2S. The van der Waals surface area contributed by atoms with Crippen LogP contribution >= 0.6 is 11.8 Å². The van der Waals surface area contributed by atoms with Gasteiger partial charge in [0.25, 0.3) is 0 Å². The lowest BCUT2D eigenvalue weighted by atomic mass is 9.96. The quantitative estimate of drug-likeness (QED) is 0.620. The van der Waals surface area contributed by atoms with E-state index in [2.05, 4.69) is 0 Å². The van der Waals surface area contributed by atoms with Crippen LogP contribution < -0.4 is 0 Å². The highest BCUT2D eigenvalue weighted by Crippen LogP contribution is 2.37. The van der Waals surface area contributed by atoms with Crippen molar-refractivity contribution in [3.8, 4) is 0 Å². The number of hydrogen-bond donors (Lipinski definition) is 0. The Balaban J connectivity index is 1.93. The standard InChI is InChI=1S/C10H17NO2S/c1-10(2,3)13-9(12)11-7-4-8(11)6-14-5-7/h7-8H,4-6H2,1-3H3. The summed E-state index contributed by atoms with van der Waals surface area (Å²) >= 11 is 1.94. The van der Waals surface area contributed by atoms with Crippen molar-refractivity contribution >= 4 is 17.9 Å². The van der Waals surface area contributed by atoms with Gasteiger partial charge in [-0.3, -0.25) is 0 Å². The highest BCUT2D eigenvalue weighted by Gasteiger charge is 2.46. The van der Waals surface area contributed by atoms with E-state index in [1.54, 1.807) is 0 Å². The van der Waals surface area contributed by atoms with Gasteiger partial charge in [0.05, 0.1) is 0 Å². The summed E-state index contributed by atoms with van der Waals surface area (Å²) in [4.78, 5) is 13.7. The van der Waals surface area contributed by atoms with E-state index < -0.39 is 0 Å². The van der Waals surface area contributed by atoms with Crippen LogP contribution in [0.3, 0.4) is 0 Å². The molecule has 0 N–H and O–H groups in total. The second-order valence-corrected chi connectivity index (χ2v) is 6.04. The topological polar surface area (TPSA) is 29.5 Å². The summed E-state index contributed by atoms with van der Waals surface area (Å²) in [6.45, 7) is 5.74. The van der Waals surface area contributed by atoms with Gasteiger partial charge in [-0.25, -0.2) is 4.79 Å². The number of thioether (sulfide) groups is 1. The van der Waals surface area contributed by atoms with Gasteiger partial charge in [0.2, 0.25) is 0 Å². The Labute approximate surface area is 89.2 Å². The van der Waals surface area contributed by atoms with Crippen LogP contribution in [0.2, 0.25) is 0 Å². The third kappa shape index (κ3) is 1.85. The van der Waals surface area contributed by atoms with Crippen LogP contribution in [0.4, 0.5) is 4.79 Å². The van der Waals surface area contributed by atoms with Gasteiger partial charge in [-0.15, -0.1) is 0 Å². The molecule has 3 heterocycles. The van der Waals surface area contributed by atoms with E-state index in [1.807, 2.05) is 37.4 Å². The van der Waals surface area contributed by atoms with Crippen molar-refractivity contribution in [1.29, 1.82) is 0 Å². The molecule has 2 bridgehead atoms. The van der Waals surface area contributed by atoms with Crippen LogP contribution in [0.15, 0.2) is 0 Å². The number of carbonyl (C=O) groups excluding carboxylic acids is 1. The molecule has 0 aromatic heterocycles. The van der Waals surface area contributed by atoms with Crippen LogP contribution in [0.5, 0.6) is 0 Å². The Morgan fingerprint density at radius 1 is 1.36 bits per heavy atom. The molecule has 3 aliphatic heterocycles. The Bertz CT molecular complexity index is 235. The number of fused-ring (bicyclic) bond motifs is 2. The number of carbonyl (C=O) groups is 1. The van der Waals surface area contributed by atoms with Crippen molar-refractivity contribution in [2.24, 2.45) is 0 Å². The third-order valence-corrected chi connectivity index (χ3v) is 3.80. The second kappa shape index (κ2) is 3.33. The monoisotopic (exact) mass is 215 g/mol. The summed E-state index contributed by atoms with van der Waals surface area (Å²) in [5.74, 6) is 2.16. The Hall–Kier alpha value is -0.380. The van der Waals surface area contributed by atoms with Crippen LogP contribution in [-0.2, 0) is 4.74 Å². The van der Waals surface area contributed by atoms with Crippen LogP contribution in [0.1, 0.15) is 27.2 Å². The van der Waals surface area contributed by atoms with Crippen molar-refractivity contribution in [3.05, 3.63) is 0 Å². The summed E-state index contributed by atoms with van der Waals surface area (Å²) in [6.07, 6.45) is 1.05. The molecule has 0 aliphatic carbocycles. The average Bonchev–Trinajstić information content (AvgIpc) is 2.01. The Morgan fingerprint density at radius 2 is 1.93 bits per heavy atom. The fourth-order valence-corrected chi connectivity index (χ4v) is 3.22. The van der Waals surface area contributed by atoms with Crippen LogP contribution in [0, 0.1) is 0 Å². The Kier molecular flexibility index (Phi) is 2.41. The maximum absolute atomic E-state index is 11.7. The summed E-state index contributed by atoms with van der Waals surface area (Å²) in [7, 11) is 0. The van der Waals surface area contributed by atoms with Gasteiger partial charge in [0.1, 0.15) is 5.60 Å². The molecule has 80 valence electrons. The smallest absolute Gasteiger partial charge is 0.410 e. The minimum atomic E-state index is -0.367. The largest absolute Gasteiger partial charge is 0.444 e. The van der Waals surface area contributed by atoms with Crippen molar-refractivity contribution < 1.29 is 9.53 Å². The van der Waals surface area contributed by atoms with E-state index in [4.69, 9.17) is 4.74 Å². The van der Waals surface area contributed by atoms with Crippen molar-refractivity contribution in [1.82, 2.24) is 4.90 Å². The van der Waals surface area contributed by atoms with Crippen molar-refractivity contribution in [3.63, 3.8) is 0 Å². The van der Waals surface area contributed by atoms with Gasteiger partial charge in [-0.2, -0.15) is 11.8 Å². The maximum atomic E-state index is 11.7. The van der Waals surface area contributed by atoms with E-state index in [-0.39, 0.29) is 11.7 Å². The molecule has 3 rings (SSSR count). The number of nitrogens with zero attached hydrogens (tertiary/aromatic N) is 1. The third-order valence-electron chi connectivity index (χ3n) is 2.56. The van der Waals surface area contributed by atoms with E-state index in [1.165, 1.54) is 6.42 Å². The maximum Gasteiger partial charge on any atom is 0.410 e. The molecule has 3 nitrogen and oxygen atoms in total. The molecule has 0 saturated carbocycles. The first kappa shape index (κ1) is 10.1. The molecule has 0 radical (unpaired) electrons. The van der Waals surface area contributed by atoms with Gasteiger partial charge in [0, 0.05) is 23.6 Å². The predicted molar refractivity (Wildman–Crippen MR) is 57.6 cm³/mol. The second-order valence-electron chi connectivity index (χ2n) is 4.97. The summed E-state index contributed by atoms with van der Waals surface area (Å²) in [5.41, 5.74) is -0.367. The molecule has 3 fully saturated rings. The van der Waals surface area contributed by atoms with E-state index >= 15 is 0 Å². The summed E-state index contributed by atoms with van der Waals surface area (Å²) in [6, 6.07) is 0.877. The molecule has 3 saturated heterocycles. The van der Waals surface area contributed by atoms with Crippen LogP contribution in [-0.4, -0.2) is 40.2 Å². The lowest BCUT2D eigenvalue weighted by Crippen LogP contribution is -2.64. The number of amides is 1. The summed E-state index contributed by atoms with van der Waals surface area (Å²) < 4.78 is 5.36. The fraction of sp³-hybridized carbons (Fsp3) is 0.900. The minimum absolute atomic E-state index is 0.126. The lowest BCUT2D eigenvalue weighted by Gasteiger charge is -2.51. The van der Waals surface area contributed by atoms with Gasteiger partial charge >= 0.3 is 6.09 Å². The molecule has 3 aliphatic rings. The highest BCUT2D eigenvalue weighted by molar-refractivity contribution is 7.99. The SMILES string of the molecule is CC(C)(C)OC(=O)N1C2CSCC1C2. The molecule has 2 atom stereocenters. The number of rotatable bonds is 0. The van der Waals surface area contributed by atoms with E-state index in [9.17, 15) is 4.79 Å². The van der Waals surface area contributed by atoms with Gasteiger partial charge < -0.3 is 9.64 Å². The predicted octanol–water partition coefficient (Wildman–Crippen LogP) is 2.11. The van der Waals surface area contributed by atoms with Gasteiger partial charge in [-0.1, -0.05) is 0 Å². The van der Waals surface area contributed by atoms with Crippen molar-refractivity contribution in [2.75, 3.05) is 11.5 Å². The summed E-state index contributed by atoms with van der Waals surface area (Å²) in [5, 5.41) is 0. The highest BCUT2D eigenvalue weighted by atomic mass is 32.2. The first-order valence-corrected chi connectivity index (χ1v) is 6.22. The molecule has 1 amide bonds. The molecular weight excluding hydrogens is 198 g/mol. The lowest BCUT2D eigenvalue weighted by molar-refractivity contribution is -0.0226.